The van der Waals surface area contributed by atoms with Crippen molar-refractivity contribution in [2.45, 2.75) is 18.9 Å². The molecule has 6 heteroatoms. The van der Waals surface area contributed by atoms with Gasteiger partial charge in [0.25, 0.3) is 0 Å². The highest BCUT2D eigenvalue weighted by molar-refractivity contribution is 5.51. The van der Waals surface area contributed by atoms with Crippen molar-refractivity contribution in [2.24, 2.45) is 0 Å². The topological polar surface area (TPSA) is 68.2 Å². The highest BCUT2D eigenvalue weighted by Crippen LogP contribution is 2.34. The van der Waals surface area contributed by atoms with Crippen LogP contribution in [-0.2, 0) is 6.42 Å². The summed E-state index contributed by atoms with van der Waals surface area (Å²) in [6, 6.07) is 9.13. The maximum Gasteiger partial charge on any atom is 0.243 e. The van der Waals surface area contributed by atoms with E-state index in [0.29, 0.717) is 11.6 Å². The number of nitrogens with one attached hydrogen (secondary N) is 1. The maximum atomic E-state index is 13.2. The van der Waals surface area contributed by atoms with Gasteiger partial charge in [-0.1, -0.05) is 6.07 Å². The first kappa shape index (κ1) is 12.1. The summed E-state index contributed by atoms with van der Waals surface area (Å²) in [5, 5.41) is 7.58. The van der Waals surface area contributed by atoms with Gasteiger partial charge in [-0.15, -0.1) is 5.10 Å². The smallest absolute Gasteiger partial charge is 0.243 e. The zero-order valence-corrected chi connectivity index (χ0v) is 11.3. The summed E-state index contributed by atoms with van der Waals surface area (Å²) in [6.45, 7) is 0. The van der Waals surface area contributed by atoms with Crippen molar-refractivity contribution >= 4 is 17.3 Å². The lowest BCUT2D eigenvalue weighted by molar-refractivity contribution is 0.614. The van der Waals surface area contributed by atoms with Crippen LogP contribution in [0.2, 0.25) is 0 Å². The Bertz CT molecular complexity index is 826. The highest BCUT2D eigenvalue weighted by Gasteiger charge is 2.23. The van der Waals surface area contributed by atoms with Crippen LogP contribution in [-0.4, -0.2) is 14.6 Å². The molecule has 106 valence electrons. The van der Waals surface area contributed by atoms with E-state index in [2.05, 4.69) is 15.4 Å². The van der Waals surface area contributed by atoms with E-state index < -0.39 is 0 Å². The molecule has 0 aliphatic heterocycles. The summed E-state index contributed by atoms with van der Waals surface area (Å²) in [7, 11) is 0. The number of aryl methyl sites for hydroxylation is 1. The predicted molar refractivity (Wildman–Crippen MR) is 78.5 cm³/mol. The van der Waals surface area contributed by atoms with E-state index in [-0.39, 0.29) is 11.9 Å². The zero-order valence-electron chi connectivity index (χ0n) is 11.3. The molecular formula is C15H14FN5. The molecule has 0 saturated heterocycles. The summed E-state index contributed by atoms with van der Waals surface area (Å²) in [4.78, 5) is 4.36. The lowest BCUT2D eigenvalue weighted by Crippen LogP contribution is -2.08. The largest absolute Gasteiger partial charge is 0.399 e. The first-order valence-corrected chi connectivity index (χ1v) is 6.86. The fourth-order valence-corrected chi connectivity index (χ4v) is 2.86. The minimum absolute atomic E-state index is 0.169. The van der Waals surface area contributed by atoms with E-state index in [1.54, 1.807) is 6.07 Å². The molecule has 0 radical (unpaired) electrons. The van der Waals surface area contributed by atoms with Crippen LogP contribution in [0.4, 0.5) is 16.0 Å². The Hall–Kier alpha value is -2.63. The number of nitrogen functional groups attached to an aromatic ring is 1. The van der Waals surface area contributed by atoms with Crippen LogP contribution in [0, 0.1) is 5.82 Å². The van der Waals surface area contributed by atoms with Crippen molar-refractivity contribution in [2.75, 3.05) is 11.1 Å². The number of hydrogen-bond donors (Lipinski definition) is 2. The van der Waals surface area contributed by atoms with Gasteiger partial charge in [0, 0.05) is 5.69 Å². The molecule has 0 bridgehead atoms. The molecule has 1 unspecified atom stereocenters. The molecule has 3 N–H and O–H groups in total. The van der Waals surface area contributed by atoms with E-state index in [9.17, 15) is 4.39 Å². The van der Waals surface area contributed by atoms with Crippen LogP contribution in [0.3, 0.4) is 0 Å². The van der Waals surface area contributed by atoms with Crippen molar-refractivity contribution in [3.63, 3.8) is 0 Å². The maximum absolute atomic E-state index is 13.2. The van der Waals surface area contributed by atoms with E-state index in [1.165, 1.54) is 27.9 Å². The first-order valence-electron chi connectivity index (χ1n) is 6.86. The van der Waals surface area contributed by atoms with Crippen molar-refractivity contribution < 1.29 is 4.39 Å². The average molecular weight is 283 g/mol. The van der Waals surface area contributed by atoms with Gasteiger partial charge in [-0.2, -0.15) is 4.98 Å². The van der Waals surface area contributed by atoms with Crippen LogP contribution >= 0.6 is 0 Å². The Morgan fingerprint density at radius 2 is 2.19 bits per heavy atom. The third kappa shape index (κ3) is 2.08. The lowest BCUT2D eigenvalue weighted by atomic mass is 10.1. The molecule has 0 spiro atoms. The molecule has 2 heterocycles. The number of rotatable bonds is 2. The Labute approximate surface area is 120 Å². The van der Waals surface area contributed by atoms with Crippen molar-refractivity contribution in [3.05, 3.63) is 53.5 Å². The molecule has 2 aromatic heterocycles. The Balaban J connectivity index is 1.64. The minimum atomic E-state index is -0.333. The molecule has 0 amide bonds. The summed E-state index contributed by atoms with van der Waals surface area (Å²) >= 11 is 0. The minimum Gasteiger partial charge on any atom is -0.399 e. The number of fused-ring (bicyclic) bond motifs is 2. The van der Waals surface area contributed by atoms with Crippen molar-refractivity contribution in [3.8, 4) is 0 Å². The summed E-state index contributed by atoms with van der Waals surface area (Å²) < 4.78 is 14.6. The first-order chi connectivity index (χ1) is 10.2. The highest BCUT2D eigenvalue weighted by atomic mass is 19.1. The Morgan fingerprint density at radius 3 is 3.10 bits per heavy atom. The average Bonchev–Trinajstić information content (AvgIpc) is 3.02. The van der Waals surface area contributed by atoms with Gasteiger partial charge in [0.05, 0.1) is 12.2 Å². The van der Waals surface area contributed by atoms with E-state index in [1.807, 2.05) is 18.2 Å². The third-order valence-electron chi connectivity index (χ3n) is 3.84. The number of halogens is 1. The molecule has 4 rings (SSSR count). The van der Waals surface area contributed by atoms with E-state index in [4.69, 9.17) is 5.73 Å². The molecule has 1 aliphatic rings. The summed E-state index contributed by atoms with van der Waals surface area (Å²) in [5.74, 6) is 0.177. The number of nitrogens with zero attached hydrogens (tertiary/aromatic N) is 3. The zero-order chi connectivity index (χ0) is 14.4. The predicted octanol–water partition coefficient (Wildman–Crippen LogP) is 2.55. The van der Waals surface area contributed by atoms with Crippen LogP contribution in [0.25, 0.3) is 5.65 Å². The third-order valence-corrected chi connectivity index (χ3v) is 3.84. The Kier molecular flexibility index (Phi) is 2.57. The number of nitrogens with two attached hydrogens (primary N) is 1. The van der Waals surface area contributed by atoms with Gasteiger partial charge in [0.15, 0.2) is 5.65 Å². The fourth-order valence-electron chi connectivity index (χ4n) is 2.86. The molecule has 1 atom stereocenters. The normalized spacial score (nSPS) is 17.1. The van der Waals surface area contributed by atoms with Gasteiger partial charge in [0.1, 0.15) is 5.82 Å². The molecule has 1 aromatic carbocycles. The standard InChI is InChI=1S/C15H14FN5/c16-10-2-6-14-19-15(20-21(14)8-10)18-13-5-1-9-7-11(17)3-4-12(9)13/h2-4,6-8,13H,1,5,17H2,(H,18,20). The number of benzene rings is 1. The van der Waals surface area contributed by atoms with Crippen LogP contribution in [0.15, 0.2) is 36.5 Å². The summed E-state index contributed by atoms with van der Waals surface area (Å²) in [6.07, 6.45) is 3.28. The molecule has 21 heavy (non-hydrogen) atoms. The lowest BCUT2D eigenvalue weighted by Gasteiger charge is -2.12. The monoisotopic (exact) mass is 283 g/mol. The molecule has 0 saturated carbocycles. The quantitative estimate of drug-likeness (QED) is 0.709. The van der Waals surface area contributed by atoms with Gasteiger partial charge in [0.2, 0.25) is 5.95 Å². The van der Waals surface area contributed by atoms with E-state index in [0.717, 1.165) is 18.5 Å². The number of aromatic nitrogens is 3. The van der Waals surface area contributed by atoms with Crippen LogP contribution < -0.4 is 11.1 Å². The Morgan fingerprint density at radius 1 is 1.29 bits per heavy atom. The van der Waals surface area contributed by atoms with Gasteiger partial charge in [-0.3, -0.25) is 0 Å². The number of anilines is 2. The fraction of sp³-hybridized carbons (Fsp3) is 0.200. The molecule has 1 aliphatic carbocycles. The summed E-state index contributed by atoms with van der Waals surface area (Å²) in [5.41, 5.74) is 9.71. The number of pyridine rings is 1. The van der Waals surface area contributed by atoms with Gasteiger partial charge < -0.3 is 11.1 Å². The van der Waals surface area contributed by atoms with Crippen LogP contribution in [0.5, 0.6) is 0 Å². The second-order valence-corrected chi connectivity index (χ2v) is 5.28. The van der Waals surface area contributed by atoms with E-state index >= 15 is 0 Å². The number of hydrogen-bond acceptors (Lipinski definition) is 4. The van der Waals surface area contributed by atoms with Gasteiger partial charge >= 0.3 is 0 Å². The van der Waals surface area contributed by atoms with Crippen molar-refractivity contribution in [1.29, 1.82) is 0 Å². The molecule has 0 fully saturated rings. The van der Waals surface area contributed by atoms with Gasteiger partial charge in [-0.05, 0) is 48.2 Å². The second kappa shape index (κ2) is 4.44. The van der Waals surface area contributed by atoms with Crippen LogP contribution in [0.1, 0.15) is 23.6 Å². The van der Waals surface area contributed by atoms with Crippen molar-refractivity contribution in [1.82, 2.24) is 14.6 Å². The molecule has 3 aromatic rings. The SMILES string of the molecule is Nc1ccc2c(c1)CCC2Nc1nc2ccc(F)cn2n1. The molecular weight excluding hydrogens is 269 g/mol. The second-order valence-electron chi connectivity index (χ2n) is 5.28. The molecule has 5 nitrogen and oxygen atoms in total. The van der Waals surface area contributed by atoms with Gasteiger partial charge in [-0.25, -0.2) is 8.91 Å².